The van der Waals surface area contributed by atoms with Crippen LogP contribution in [0.2, 0.25) is 0 Å². The largest absolute Gasteiger partial charge is 0.456 e. The van der Waals surface area contributed by atoms with Crippen LogP contribution in [0.3, 0.4) is 0 Å². The minimum absolute atomic E-state index is 0.0311. The first-order valence-electron chi connectivity index (χ1n) is 17.6. The molecule has 0 amide bonds. The maximum Gasteiger partial charge on any atom is 0.135 e. The topological polar surface area (TPSA) is 23.0 Å². The van der Waals surface area contributed by atoms with E-state index >= 15 is 0 Å². The van der Waals surface area contributed by atoms with Crippen LogP contribution in [0, 0.1) is 0 Å². The summed E-state index contributed by atoms with van der Waals surface area (Å²) in [4.78, 5) is 0. The molecule has 7 aromatic carbocycles. The van der Waals surface area contributed by atoms with E-state index < -0.39 is 12.1 Å². The molecule has 0 fully saturated rings. The molecule has 0 bridgehead atoms. The number of hydrogen-bond acceptors (Lipinski definition) is 1. The number of fused-ring (bicyclic) bond motifs is 11. The van der Waals surface area contributed by atoms with E-state index in [4.69, 9.17) is 11.3 Å². The molecule has 0 spiro atoms. The van der Waals surface area contributed by atoms with Gasteiger partial charge in [0.05, 0.1) is 31.7 Å². The number of hydrogen-bond donors (Lipinski definition) is 0. The van der Waals surface area contributed by atoms with Gasteiger partial charge >= 0.3 is 0 Å². The fraction of sp³-hybridized carbons (Fsp3) is 0. The van der Waals surface area contributed by atoms with E-state index in [0.29, 0.717) is 0 Å². The van der Waals surface area contributed by atoms with E-state index in [2.05, 4.69) is 53.1 Å². The maximum absolute atomic E-state index is 9.64. The Kier molecular flexibility index (Phi) is 3.35. The minimum Gasteiger partial charge on any atom is -0.456 e. The molecule has 3 heteroatoms. The lowest BCUT2D eigenvalue weighted by molar-refractivity contribution is 0.669. The van der Waals surface area contributed by atoms with Gasteiger partial charge in [-0.25, -0.2) is 0 Å². The van der Waals surface area contributed by atoms with Crippen molar-refractivity contribution < 1.29 is 14.0 Å². The van der Waals surface area contributed by atoms with Crippen molar-refractivity contribution in [2.45, 2.75) is 0 Å². The Labute approximate surface area is 256 Å². The maximum atomic E-state index is 9.64. The van der Waals surface area contributed by atoms with Crippen molar-refractivity contribution in [2.24, 2.45) is 0 Å². The second kappa shape index (κ2) is 8.37. The molecular formula is C40H24N2O. The number of rotatable bonds is 2. The smallest absolute Gasteiger partial charge is 0.135 e. The number of furan rings is 1. The lowest BCUT2D eigenvalue weighted by atomic mass is 10.0. The predicted molar refractivity (Wildman–Crippen MR) is 180 cm³/mol. The van der Waals surface area contributed by atoms with E-state index in [9.17, 15) is 2.74 Å². The fourth-order valence-electron chi connectivity index (χ4n) is 6.75. The van der Waals surface area contributed by atoms with Crippen LogP contribution in [-0.4, -0.2) is 9.13 Å². The first-order valence-corrected chi connectivity index (χ1v) is 14.1. The zero-order valence-corrected chi connectivity index (χ0v) is 22.6. The van der Waals surface area contributed by atoms with Crippen LogP contribution in [0.25, 0.3) is 87.7 Å². The Bertz CT molecular complexity index is 3120. The molecule has 200 valence electrons. The number of aromatic nitrogens is 2. The summed E-state index contributed by atoms with van der Waals surface area (Å²) in [5.74, 6) is 0. The summed E-state index contributed by atoms with van der Waals surface area (Å²) in [7, 11) is 0. The summed E-state index contributed by atoms with van der Waals surface area (Å²) >= 11 is 0. The van der Waals surface area contributed by atoms with Crippen molar-refractivity contribution in [1.82, 2.24) is 9.13 Å². The summed E-state index contributed by atoms with van der Waals surface area (Å²) in [6, 6.07) is 32.5. The van der Waals surface area contributed by atoms with Crippen LogP contribution < -0.4 is 0 Å². The first-order chi connectivity index (χ1) is 24.3. The molecule has 0 N–H and O–H groups in total. The average molecular weight is 556 g/mol. The molecule has 0 unspecified atom stereocenters. The Morgan fingerprint density at radius 2 is 1.21 bits per heavy atom. The molecule has 0 saturated carbocycles. The van der Waals surface area contributed by atoms with Gasteiger partial charge in [0.2, 0.25) is 0 Å². The van der Waals surface area contributed by atoms with Gasteiger partial charge in [0, 0.05) is 43.7 Å². The summed E-state index contributed by atoms with van der Waals surface area (Å²) in [5, 5.41) is 6.16. The van der Waals surface area contributed by atoms with Gasteiger partial charge in [-0.3, -0.25) is 0 Å². The minimum atomic E-state index is -0.460. The third-order valence-corrected chi connectivity index (χ3v) is 8.56. The standard InChI is InChI=1S/C40H24N2O/c1-2-11-26(12-3-1)41-34-16-8-6-14-29(34)31-23-33-37(24-36(31)41)42(35-20-18-25-10-4-5-13-28(25)40(33)35)27-19-21-39-32(22-27)30-15-7-9-17-38(30)43-39/h1-24H/i7D,9D,15D,17D,19D,21D,22D. The Morgan fingerprint density at radius 1 is 0.465 bits per heavy atom. The Balaban J connectivity index is 1.45. The normalized spacial score (nSPS) is 14.5. The van der Waals surface area contributed by atoms with Crippen LogP contribution in [0.5, 0.6) is 0 Å². The third-order valence-electron chi connectivity index (χ3n) is 8.56. The highest BCUT2D eigenvalue weighted by atomic mass is 16.3. The van der Waals surface area contributed by atoms with E-state index in [0.717, 1.165) is 60.1 Å². The quantitative estimate of drug-likeness (QED) is 0.208. The van der Waals surface area contributed by atoms with Crippen LogP contribution in [0.1, 0.15) is 9.60 Å². The molecule has 10 aromatic rings. The monoisotopic (exact) mass is 555 g/mol. The van der Waals surface area contributed by atoms with Gasteiger partial charge in [-0.15, -0.1) is 0 Å². The molecule has 43 heavy (non-hydrogen) atoms. The Morgan fingerprint density at radius 3 is 2.14 bits per heavy atom. The number of nitrogens with zero attached hydrogens (tertiary/aromatic N) is 2. The Hall–Kier alpha value is -5.80. The van der Waals surface area contributed by atoms with Gasteiger partial charge in [0.25, 0.3) is 0 Å². The first kappa shape index (κ1) is 17.2. The highest BCUT2D eigenvalue weighted by molar-refractivity contribution is 6.25. The van der Waals surface area contributed by atoms with Crippen molar-refractivity contribution >= 4 is 76.3 Å². The van der Waals surface area contributed by atoms with Gasteiger partial charge in [-0.2, -0.15) is 0 Å². The zero-order chi connectivity index (χ0) is 34.2. The summed E-state index contributed by atoms with van der Waals surface area (Å²) in [6.45, 7) is 0. The average Bonchev–Trinajstić information content (AvgIpc) is 3.80. The lowest BCUT2D eigenvalue weighted by Crippen LogP contribution is -1.95. The van der Waals surface area contributed by atoms with Crippen LogP contribution in [0.15, 0.2) is 150 Å². The second-order valence-electron chi connectivity index (χ2n) is 10.8. The van der Waals surface area contributed by atoms with Crippen molar-refractivity contribution in [1.29, 1.82) is 0 Å². The van der Waals surface area contributed by atoms with Crippen LogP contribution >= 0.6 is 0 Å². The zero-order valence-electron chi connectivity index (χ0n) is 29.6. The molecule has 0 aliphatic heterocycles. The molecule has 0 saturated heterocycles. The van der Waals surface area contributed by atoms with Gasteiger partial charge in [0.15, 0.2) is 0 Å². The SMILES string of the molecule is [2H]c1c([2H])c([2H])c2c(oc3c([2H])c([2H])c(-n4c5cc6c(cc5c5c7ccccc7ccc54)c4ccccc4n6-c4ccccc4)c([2H])c32)c1[2H]. The van der Waals surface area contributed by atoms with Crippen molar-refractivity contribution in [3.63, 3.8) is 0 Å². The molecule has 3 nitrogen and oxygen atoms in total. The molecule has 3 aromatic heterocycles. The van der Waals surface area contributed by atoms with Crippen molar-refractivity contribution in [2.75, 3.05) is 0 Å². The van der Waals surface area contributed by atoms with Gasteiger partial charge < -0.3 is 13.6 Å². The van der Waals surface area contributed by atoms with Crippen LogP contribution in [-0.2, 0) is 0 Å². The molecule has 10 rings (SSSR count). The van der Waals surface area contributed by atoms with E-state index in [1.165, 1.54) is 0 Å². The number of para-hydroxylation sites is 3. The summed E-state index contributed by atoms with van der Waals surface area (Å²) in [6.07, 6.45) is 0. The van der Waals surface area contributed by atoms with Gasteiger partial charge in [0.1, 0.15) is 11.2 Å². The molecule has 0 aliphatic carbocycles. The summed E-state index contributed by atoms with van der Waals surface area (Å²) in [5.41, 5.74) is 4.34. The van der Waals surface area contributed by atoms with E-state index in [1.54, 1.807) is 0 Å². The highest BCUT2D eigenvalue weighted by Crippen LogP contribution is 2.42. The highest BCUT2D eigenvalue weighted by Gasteiger charge is 2.20. The predicted octanol–water partition coefficient (Wildman–Crippen LogP) is 10.9. The lowest BCUT2D eigenvalue weighted by Gasteiger charge is -2.10. The third kappa shape index (κ3) is 3.08. The van der Waals surface area contributed by atoms with Crippen molar-refractivity contribution in [3.05, 3.63) is 145 Å². The van der Waals surface area contributed by atoms with Crippen molar-refractivity contribution in [3.8, 4) is 11.4 Å². The second-order valence-corrected chi connectivity index (χ2v) is 10.8. The van der Waals surface area contributed by atoms with Gasteiger partial charge in [-0.1, -0.05) is 84.9 Å². The molecule has 3 heterocycles. The van der Waals surface area contributed by atoms with Gasteiger partial charge in [-0.05, 0) is 71.3 Å². The van der Waals surface area contributed by atoms with Crippen LogP contribution in [0.4, 0.5) is 0 Å². The fourth-order valence-corrected chi connectivity index (χ4v) is 6.75. The summed E-state index contributed by atoms with van der Waals surface area (Å²) < 4.78 is 71.9. The molecular weight excluding hydrogens is 524 g/mol. The molecule has 0 atom stereocenters. The van der Waals surface area contributed by atoms with E-state index in [-0.39, 0.29) is 57.8 Å². The molecule has 0 radical (unpaired) electrons. The molecule has 0 aliphatic rings. The van der Waals surface area contributed by atoms with E-state index in [1.807, 2.05) is 59.2 Å². The number of benzene rings is 7.